The average molecular weight is 289 g/mol. The fourth-order valence-corrected chi connectivity index (χ4v) is 2.20. The van der Waals surface area contributed by atoms with E-state index in [1.165, 1.54) is 12.1 Å². The molecule has 2 heterocycles. The van der Waals surface area contributed by atoms with Gasteiger partial charge in [0.05, 0.1) is 21.8 Å². The Morgan fingerprint density at radius 2 is 2.00 bits per heavy atom. The van der Waals surface area contributed by atoms with E-state index < -0.39 is 4.92 Å². The number of benzene rings is 1. The molecule has 0 spiro atoms. The summed E-state index contributed by atoms with van der Waals surface area (Å²) in [5.74, 6) is 0. The fourth-order valence-electron chi connectivity index (χ4n) is 2.04. The Morgan fingerprint density at radius 3 is 2.65 bits per heavy atom. The third-order valence-corrected chi connectivity index (χ3v) is 3.23. The number of fused-ring (bicyclic) bond motifs is 1. The molecule has 0 aliphatic rings. The second-order valence-electron chi connectivity index (χ2n) is 4.29. The van der Waals surface area contributed by atoms with Crippen LogP contribution in [0.1, 0.15) is 5.69 Å². The predicted molar refractivity (Wildman–Crippen MR) is 75.3 cm³/mol. The summed E-state index contributed by atoms with van der Waals surface area (Å²) in [6.07, 6.45) is 1.67. The molecule has 0 radical (unpaired) electrons. The monoisotopic (exact) mass is 288 g/mol. The molecule has 0 unspecified atom stereocenters. The first-order valence-electron chi connectivity index (χ1n) is 5.82. The largest absolute Gasteiger partial charge is 0.269 e. The Hall–Kier alpha value is -2.47. The molecule has 0 amide bonds. The summed E-state index contributed by atoms with van der Waals surface area (Å²) in [7, 11) is 0. The highest BCUT2D eigenvalue weighted by Crippen LogP contribution is 2.24. The summed E-state index contributed by atoms with van der Waals surface area (Å²) in [6, 6.07) is 7.91. The number of halogens is 1. The van der Waals surface area contributed by atoms with Crippen LogP contribution in [-0.4, -0.2) is 19.7 Å². The van der Waals surface area contributed by atoms with Gasteiger partial charge in [0.25, 0.3) is 5.69 Å². The molecule has 1 aromatic carbocycles. The highest BCUT2D eigenvalue weighted by molar-refractivity contribution is 6.30. The third-order valence-electron chi connectivity index (χ3n) is 3.02. The molecule has 0 N–H and O–H groups in total. The first-order chi connectivity index (χ1) is 9.56. The number of non-ortho nitro benzene ring substituents is 1. The summed E-state index contributed by atoms with van der Waals surface area (Å²) in [5, 5.41) is 16.4. The van der Waals surface area contributed by atoms with Crippen molar-refractivity contribution in [1.82, 2.24) is 14.8 Å². The van der Waals surface area contributed by atoms with Gasteiger partial charge in [0.2, 0.25) is 0 Å². The molecule has 20 heavy (non-hydrogen) atoms. The third kappa shape index (κ3) is 2.00. The molecule has 6 nitrogen and oxygen atoms in total. The number of hydrogen-bond donors (Lipinski definition) is 0. The van der Waals surface area contributed by atoms with Crippen LogP contribution in [0.5, 0.6) is 0 Å². The zero-order valence-corrected chi connectivity index (χ0v) is 11.2. The lowest BCUT2D eigenvalue weighted by atomic mass is 10.2. The maximum atomic E-state index is 10.7. The molecule has 0 atom stereocenters. The number of nitro benzene ring substituents is 1. The number of aryl methyl sites for hydroxylation is 1. The van der Waals surface area contributed by atoms with E-state index in [-0.39, 0.29) is 5.69 Å². The van der Waals surface area contributed by atoms with E-state index in [9.17, 15) is 10.1 Å². The van der Waals surface area contributed by atoms with Gasteiger partial charge < -0.3 is 0 Å². The maximum absolute atomic E-state index is 10.7. The number of pyridine rings is 1. The fraction of sp³-hybridized carbons (Fsp3) is 0.0769. The summed E-state index contributed by atoms with van der Waals surface area (Å²) in [4.78, 5) is 14.3. The van der Waals surface area contributed by atoms with Crippen LogP contribution < -0.4 is 0 Å². The van der Waals surface area contributed by atoms with Gasteiger partial charge in [-0.2, -0.15) is 5.10 Å². The first-order valence-corrected chi connectivity index (χ1v) is 6.20. The van der Waals surface area contributed by atoms with Crippen LogP contribution in [0.25, 0.3) is 16.6 Å². The van der Waals surface area contributed by atoms with Crippen molar-refractivity contribution < 1.29 is 4.92 Å². The Bertz CT molecular complexity index is 811. The molecule has 0 fully saturated rings. The summed E-state index contributed by atoms with van der Waals surface area (Å²) in [5.41, 5.74) is 2.41. The van der Waals surface area contributed by atoms with Gasteiger partial charge >= 0.3 is 0 Å². The molecular weight excluding hydrogens is 280 g/mol. The molecule has 100 valence electrons. The molecule has 2 aromatic heterocycles. The van der Waals surface area contributed by atoms with E-state index in [4.69, 9.17) is 11.6 Å². The molecular formula is C13H9ClN4O2. The van der Waals surface area contributed by atoms with Crippen LogP contribution in [0.2, 0.25) is 5.15 Å². The van der Waals surface area contributed by atoms with Gasteiger partial charge in [-0.3, -0.25) is 10.1 Å². The lowest BCUT2D eigenvalue weighted by molar-refractivity contribution is -0.384. The van der Waals surface area contributed by atoms with Crippen molar-refractivity contribution in [2.75, 3.05) is 0 Å². The Labute approximate surface area is 118 Å². The Morgan fingerprint density at radius 1 is 1.30 bits per heavy atom. The second-order valence-corrected chi connectivity index (χ2v) is 4.68. The van der Waals surface area contributed by atoms with E-state index >= 15 is 0 Å². The van der Waals surface area contributed by atoms with Crippen LogP contribution in [0.4, 0.5) is 5.69 Å². The Kier molecular flexibility index (Phi) is 2.87. The van der Waals surface area contributed by atoms with Crippen molar-refractivity contribution in [3.8, 4) is 5.69 Å². The topological polar surface area (TPSA) is 73.8 Å². The van der Waals surface area contributed by atoms with Gasteiger partial charge in [0, 0.05) is 29.8 Å². The molecule has 0 saturated carbocycles. The van der Waals surface area contributed by atoms with Gasteiger partial charge in [-0.1, -0.05) is 11.6 Å². The van der Waals surface area contributed by atoms with Crippen molar-refractivity contribution >= 4 is 28.2 Å². The summed E-state index contributed by atoms with van der Waals surface area (Å²) in [6.45, 7) is 1.87. The van der Waals surface area contributed by atoms with E-state index in [2.05, 4.69) is 10.1 Å². The molecule has 0 aliphatic carbocycles. The quantitative estimate of drug-likeness (QED) is 0.412. The summed E-state index contributed by atoms with van der Waals surface area (Å²) >= 11 is 5.91. The van der Waals surface area contributed by atoms with E-state index in [1.54, 1.807) is 29.1 Å². The lowest BCUT2D eigenvalue weighted by Gasteiger charge is -2.03. The van der Waals surface area contributed by atoms with E-state index in [0.29, 0.717) is 5.15 Å². The minimum Gasteiger partial charge on any atom is -0.258 e. The standard InChI is InChI=1S/C13H9ClN4O2/c1-8-11-7-15-13(14)6-12(11)17(16-8)9-2-4-10(5-3-9)18(19)20/h2-7H,1H3. The number of rotatable bonds is 2. The average Bonchev–Trinajstić information content (AvgIpc) is 2.75. The van der Waals surface area contributed by atoms with E-state index in [0.717, 1.165) is 22.3 Å². The van der Waals surface area contributed by atoms with Crippen LogP contribution in [-0.2, 0) is 0 Å². The predicted octanol–water partition coefficient (Wildman–Crippen LogP) is 3.29. The van der Waals surface area contributed by atoms with Crippen LogP contribution in [0.3, 0.4) is 0 Å². The van der Waals surface area contributed by atoms with Crippen molar-refractivity contribution in [3.05, 3.63) is 57.5 Å². The van der Waals surface area contributed by atoms with Crippen molar-refractivity contribution in [3.63, 3.8) is 0 Å². The Balaban J connectivity index is 2.18. The van der Waals surface area contributed by atoms with Crippen molar-refractivity contribution in [1.29, 1.82) is 0 Å². The van der Waals surface area contributed by atoms with E-state index in [1.807, 2.05) is 6.92 Å². The van der Waals surface area contributed by atoms with Crippen LogP contribution in [0, 0.1) is 17.0 Å². The van der Waals surface area contributed by atoms with Gasteiger partial charge in [-0.25, -0.2) is 9.67 Å². The zero-order chi connectivity index (χ0) is 14.3. The minimum atomic E-state index is -0.434. The lowest BCUT2D eigenvalue weighted by Crippen LogP contribution is -1.97. The number of aromatic nitrogens is 3. The molecule has 0 aliphatic heterocycles. The van der Waals surface area contributed by atoms with Crippen molar-refractivity contribution in [2.45, 2.75) is 6.92 Å². The van der Waals surface area contributed by atoms with Gasteiger partial charge in [-0.15, -0.1) is 0 Å². The van der Waals surface area contributed by atoms with Crippen LogP contribution in [0.15, 0.2) is 36.5 Å². The highest BCUT2D eigenvalue weighted by Gasteiger charge is 2.11. The smallest absolute Gasteiger partial charge is 0.258 e. The molecule has 3 rings (SSSR count). The van der Waals surface area contributed by atoms with Gasteiger partial charge in [0.1, 0.15) is 5.15 Å². The second kappa shape index (κ2) is 4.57. The zero-order valence-electron chi connectivity index (χ0n) is 10.4. The van der Waals surface area contributed by atoms with Gasteiger partial charge in [-0.05, 0) is 19.1 Å². The molecule has 7 heteroatoms. The SMILES string of the molecule is Cc1nn(-c2ccc([N+](=O)[O-])cc2)c2cc(Cl)ncc12. The van der Waals surface area contributed by atoms with Crippen molar-refractivity contribution in [2.24, 2.45) is 0 Å². The summed E-state index contributed by atoms with van der Waals surface area (Å²) < 4.78 is 1.70. The first kappa shape index (κ1) is 12.6. The minimum absolute atomic E-state index is 0.0432. The maximum Gasteiger partial charge on any atom is 0.269 e. The molecule has 3 aromatic rings. The van der Waals surface area contributed by atoms with Crippen LogP contribution >= 0.6 is 11.6 Å². The normalized spacial score (nSPS) is 10.9. The van der Waals surface area contributed by atoms with Gasteiger partial charge in [0.15, 0.2) is 0 Å². The molecule has 0 saturated heterocycles. The highest BCUT2D eigenvalue weighted by atomic mass is 35.5. The number of hydrogen-bond acceptors (Lipinski definition) is 4. The number of nitro groups is 1. The number of nitrogens with zero attached hydrogens (tertiary/aromatic N) is 4. The molecule has 0 bridgehead atoms.